The Hall–Kier alpha value is -1.95. The molecule has 5 nitrogen and oxygen atoms in total. The van der Waals surface area contributed by atoms with Crippen LogP contribution in [-0.4, -0.2) is 40.2 Å². The molecule has 0 aromatic carbocycles. The van der Waals surface area contributed by atoms with E-state index in [1.54, 1.807) is 0 Å². The fraction of sp³-hybridized carbons (Fsp3) is 0.438. The number of ether oxygens (including phenoxy) is 1. The topological polar surface area (TPSA) is 55.3 Å². The summed E-state index contributed by atoms with van der Waals surface area (Å²) in [4.78, 5) is 15.1. The first-order valence-electron chi connectivity index (χ1n) is 7.43. The van der Waals surface area contributed by atoms with Crippen molar-refractivity contribution in [3.05, 3.63) is 39.7 Å². The number of piperidine rings is 1. The van der Waals surface area contributed by atoms with Crippen molar-refractivity contribution < 1.29 is 9.53 Å². The van der Waals surface area contributed by atoms with Crippen LogP contribution in [0.4, 0.5) is 0 Å². The maximum atomic E-state index is 12.4. The molecular weight excluding hydrogens is 298 g/mol. The van der Waals surface area contributed by atoms with Crippen molar-refractivity contribution in [3.63, 3.8) is 0 Å². The molecule has 1 saturated heterocycles. The third-order valence-electron chi connectivity index (χ3n) is 3.73. The Balaban J connectivity index is 1.54. The number of rotatable bonds is 3. The minimum absolute atomic E-state index is 0.103. The Morgan fingerprint density at radius 3 is 2.64 bits per heavy atom. The molecule has 1 fully saturated rings. The van der Waals surface area contributed by atoms with Gasteiger partial charge in [-0.05, 0) is 36.9 Å². The molecule has 0 atom stereocenters. The summed E-state index contributed by atoms with van der Waals surface area (Å²) in [5, 5.41) is 10.0. The molecule has 116 valence electrons. The van der Waals surface area contributed by atoms with E-state index in [1.165, 1.54) is 11.3 Å². The van der Waals surface area contributed by atoms with Crippen molar-refractivity contribution in [2.45, 2.75) is 32.8 Å². The van der Waals surface area contributed by atoms with Crippen LogP contribution in [0.3, 0.4) is 0 Å². The quantitative estimate of drug-likeness (QED) is 0.873. The van der Waals surface area contributed by atoms with Crippen molar-refractivity contribution in [1.82, 2.24) is 15.1 Å². The summed E-state index contributed by atoms with van der Waals surface area (Å²) in [6.07, 6.45) is 1.75. The Morgan fingerprint density at radius 2 is 2.05 bits per heavy atom. The molecule has 3 rings (SSSR count). The van der Waals surface area contributed by atoms with Gasteiger partial charge in [-0.25, -0.2) is 0 Å². The smallest absolute Gasteiger partial charge is 0.263 e. The van der Waals surface area contributed by atoms with Crippen molar-refractivity contribution in [3.8, 4) is 5.88 Å². The molecule has 0 spiro atoms. The molecule has 1 aliphatic heterocycles. The fourth-order valence-electron chi connectivity index (χ4n) is 2.50. The molecule has 0 saturated carbocycles. The van der Waals surface area contributed by atoms with Crippen LogP contribution in [0, 0.1) is 13.8 Å². The van der Waals surface area contributed by atoms with E-state index in [1.807, 2.05) is 42.3 Å². The summed E-state index contributed by atoms with van der Waals surface area (Å²) < 4.78 is 5.84. The van der Waals surface area contributed by atoms with Crippen molar-refractivity contribution in [2.75, 3.05) is 13.1 Å². The fourth-order valence-corrected chi connectivity index (χ4v) is 3.36. The normalized spacial score (nSPS) is 15.8. The predicted molar refractivity (Wildman–Crippen MR) is 85.4 cm³/mol. The van der Waals surface area contributed by atoms with Crippen LogP contribution in [-0.2, 0) is 0 Å². The maximum absolute atomic E-state index is 12.4. The third kappa shape index (κ3) is 3.44. The monoisotopic (exact) mass is 317 g/mol. The van der Waals surface area contributed by atoms with Gasteiger partial charge in [0.05, 0.1) is 10.6 Å². The van der Waals surface area contributed by atoms with Gasteiger partial charge in [-0.1, -0.05) is 0 Å². The standard InChI is InChI=1S/C16H19N3O2S/c1-11-9-14(22-10-11)16(20)19-7-5-13(6-8-19)21-15-4-3-12(2)17-18-15/h3-4,9-10,13H,5-8H2,1-2H3. The minimum Gasteiger partial charge on any atom is -0.473 e. The highest BCUT2D eigenvalue weighted by atomic mass is 32.1. The number of amides is 1. The highest BCUT2D eigenvalue weighted by molar-refractivity contribution is 7.12. The molecular formula is C16H19N3O2S. The maximum Gasteiger partial charge on any atom is 0.263 e. The average molecular weight is 317 g/mol. The average Bonchev–Trinajstić information content (AvgIpc) is 2.96. The van der Waals surface area contributed by atoms with Crippen LogP contribution >= 0.6 is 11.3 Å². The second kappa shape index (κ2) is 6.44. The van der Waals surface area contributed by atoms with Gasteiger partial charge >= 0.3 is 0 Å². The van der Waals surface area contributed by atoms with E-state index >= 15 is 0 Å². The van der Waals surface area contributed by atoms with Gasteiger partial charge in [-0.15, -0.1) is 16.4 Å². The summed E-state index contributed by atoms with van der Waals surface area (Å²) in [6, 6.07) is 5.69. The first kappa shape index (κ1) is 15.0. The largest absolute Gasteiger partial charge is 0.473 e. The Labute approximate surface area is 133 Å². The van der Waals surface area contributed by atoms with Crippen molar-refractivity contribution >= 4 is 17.2 Å². The number of likely N-dealkylation sites (tertiary alicyclic amines) is 1. The molecule has 0 radical (unpaired) electrons. The van der Waals surface area contributed by atoms with Gasteiger partial charge < -0.3 is 9.64 Å². The third-order valence-corrected chi connectivity index (χ3v) is 4.77. The molecule has 0 aliphatic carbocycles. The number of carbonyl (C=O) groups excluding carboxylic acids is 1. The highest BCUT2D eigenvalue weighted by Gasteiger charge is 2.25. The van der Waals surface area contributed by atoms with Gasteiger partial charge in [0.1, 0.15) is 6.10 Å². The molecule has 1 amide bonds. The lowest BCUT2D eigenvalue weighted by atomic mass is 10.1. The highest BCUT2D eigenvalue weighted by Crippen LogP contribution is 2.21. The van der Waals surface area contributed by atoms with Crippen molar-refractivity contribution in [1.29, 1.82) is 0 Å². The number of carbonyl (C=O) groups is 1. The number of thiophene rings is 1. The van der Waals surface area contributed by atoms with Gasteiger partial charge in [0.2, 0.25) is 5.88 Å². The molecule has 2 aromatic rings. The lowest BCUT2D eigenvalue weighted by molar-refractivity contribution is 0.0590. The molecule has 3 heterocycles. The zero-order chi connectivity index (χ0) is 15.5. The van der Waals surface area contributed by atoms with Gasteiger partial charge in [0.15, 0.2) is 0 Å². The van der Waals surface area contributed by atoms with Gasteiger partial charge in [-0.2, -0.15) is 5.10 Å². The minimum atomic E-state index is 0.103. The summed E-state index contributed by atoms with van der Waals surface area (Å²) in [5.41, 5.74) is 2.02. The summed E-state index contributed by atoms with van der Waals surface area (Å²) in [6.45, 7) is 5.35. The summed E-state index contributed by atoms with van der Waals surface area (Å²) in [5.74, 6) is 0.691. The molecule has 0 unspecified atom stereocenters. The second-order valence-corrected chi connectivity index (χ2v) is 6.52. The van der Waals surface area contributed by atoms with Gasteiger partial charge in [-0.3, -0.25) is 4.79 Å². The lowest BCUT2D eigenvalue weighted by Crippen LogP contribution is -2.41. The van der Waals surface area contributed by atoms with Crippen LogP contribution < -0.4 is 4.74 Å². The van der Waals surface area contributed by atoms with Gasteiger partial charge in [0.25, 0.3) is 5.91 Å². The van der Waals surface area contributed by atoms with Crippen LogP contribution in [0.2, 0.25) is 0 Å². The SMILES string of the molecule is Cc1csc(C(=O)N2CCC(Oc3ccc(C)nn3)CC2)c1. The van der Waals surface area contributed by atoms with E-state index in [0.29, 0.717) is 5.88 Å². The summed E-state index contributed by atoms with van der Waals surface area (Å²) >= 11 is 1.52. The van der Waals surface area contributed by atoms with Crippen LogP contribution in [0.25, 0.3) is 0 Å². The van der Waals surface area contributed by atoms with Gasteiger partial charge in [0, 0.05) is 32.0 Å². The lowest BCUT2D eigenvalue weighted by Gasteiger charge is -2.31. The number of aromatic nitrogens is 2. The molecule has 0 bridgehead atoms. The zero-order valence-electron chi connectivity index (χ0n) is 12.8. The molecule has 1 aliphatic rings. The summed E-state index contributed by atoms with van der Waals surface area (Å²) in [7, 11) is 0. The first-order valence-corrected chi connectivity index (χ1v) is 8.31. The number of aryl methyl sites for hydroxylation is 2. The Morgan fingerprint density at radius 1 is 1.27 bits per heavy atom. The zero-order valence-corrected chi connectivity index (χ0v) is 13.6. The Bertz CT molecular complexity index is 646. The Kier molecular flexibility index (Phi) is 4.38. The number of hydrogen-bond donors (Lipinski definition) is 0. The van der Waals surface area contributed by atoms with E-state index in [-0.39, 0.29) is 12.0 Å². The van der Waals surface area contributed by atoms with E-state index < -0.39 is 0 Å². The number of hydrogen-bond acceptors (Lipinski definition) is 5. The van der Waals surface area contributed by atoms with E-state index in [2.05, 4.69) is 10.2 Å². The second-order valence-electron chi connectivity index (χ2n) is 5.61. The van der Waals surface area contributed by atoms with Crippen LogP contribution in [0.15, 0.2) is 23.6 Å². The van der Waals surface area contributed by atoms with Crippen molar-refractivity contribution in [2.24, 2.45) is 0 Å². The molecule has 6 heteroatoms. The van der Waals surface area contributed by atoms with E-state index in [0.717, 1.165) is 42.1 Å². The predicted octanol–water partition coefficient (Wildman–Crippen LogP) is 2.84. The van der Waals surface area contributed by atoms with E-state index in [4.69, 9.17) is 4.74 Å². The molecule has 22 heavy (non-hydrogen) atoms. The van der Waals surface area contributed by atoms with Crippen LogP contribution in [0.5, 0.6) is 5.88 Å². The first-order chi connectivity index (χ1) is 10.6. The van der Waals surface area contributed by atoms with Crippen LogP contribution in [0.1, 0.15) is 33.8 Å². The molecule has 2 aromatic heterocycles. The number of nitrogens with zero attached hydrogens (tertiary/aromatic N) is 3. The molecule has 0 N–H and O–H groups in total. The van der Waals surface area contributed by atoms with E-state index in [9.17, 15) is 4.79 Å².